The van der Waals surface area contributed by atoms with Crippen LogP contribution in [0, 0.1) is 11.6 Å². The Balaban J connectivity index is 1.88. The van der Waals surface area contributed by atoms with E-state index in [2.05, 4.69) is 15.3 Å². The van der Waals surface area contributed by atoms with E-state index in [4.69, 9.17) is 5.21 Å². The number of rotatable bonds is 4. The van der Waals surface area contributed by atoms with Crippen molar-refractivity contribution >= 4 is 11.7 Å². The van der Waals surface area contributed by atoms with E-state index in [0.29, 0.717) is 12.8 Å². The maximum Gasteiger partial charge on any atom is 0.276 e. The van der Waals surface area contributed by atoms with Crippen LogP contribution in [0.4, 0.5) is 14.6 Å². The molecule has 8 heteroatoms. The molecule has 2 aromatic rings. The molecule has 6 nitrogen and oxygen atoms in total. The fourth-order valence-electron chi connectivity index (χ4n) is 2.23. The minimum atomic E-state index is -0.866. The van der Waals surface area contributed by atoms with Crippen LogP contribution in [0.5, 0.6) is 0 Å². The fraction of sp³-hybridized carbons (Fsp3) is 0.214. The van der Waals surface area contributed by atoms with Crippen molar-refractivity contribution in [2.45, 2.75) is 18.4 Å². The summed E-state index contributed by atoms with van der Waals surface area (Å²) in [7, 11) is 0. The summed E-state index contributed by atoms with van der Waals surface area (Å²) in [6, 6.07) is 3.71. The number of halogens is 2. The molecule has 1 amide bonds. The molecule has 3 rings (SSSR count). The Kier molecular flexibility index (Phi) is 3.45. The van der Waals surface area contributed by atoms with Gasteiger partial charge in [-0.25, -0.2) is 19.2 Å². The molecule has 1 aliphatic carbocycles. The Hall–Kier alpha value is -2.61. The second-order valence-electron chi connectivity index (χ2n) is 5.04. The summed E-state index contributed by atoms with van der Waals surface area (Å²) in [6.45, 7) is 0. The van der Waals surface area contributed by atoms with Gasteiger partial charge in [0.05, 0.1) is 11.1 Å². The van der Waals surface area contributed by atoms with E-state index in [0.717, 1.165) is 12.3 Å². The van der Waals surface area contributed by atoms with Gasteiger partial charge in [0.2, 0.25) is 0 Å². The van der Waals surface area contributed by atoms with Crippen molar-refractivity contribution in [3.8, 4) is 0 Å². The molecule has 2 aromatic heterocycles. The summed E-state index contributed by atoms with van der Waals surface area (Å²) >= 11 is 0. The van der Waals surface area contributed by atoms with Crippen molar-refractivity contribution in [2.75, 3.05) is 5.32 Å². The SMILES string of the molecule is O=C(NO)c1cnc(NC2(c3ncccc3F)CC2)c(F)c1. The maximum atomic E-state index is 14.0. The van der Waals surface area contributed by atoms with Crippen LogP contribution in [-0.4, -0.2) is 21.1 Å². The van der Waals surface area contributed by atoms with Gasteiger partial charge >= 0.3 is 0 Å². The van der Waals surface area contributed by atoms with Gasteiger partial charge in [-0.05, 0) is 31.0 Å². The van der Waals surface area contributed by atoms with Gasteiger partial charge in [-0.2, -0.15) is 0 Å². The number of pyridine rings is 2. The predicted molar refractivity (Wildman–Crippen MR) is 72.2 cm³/mol. The Morgan fingerprint density at radius 1 is 1.27 bits per heavy atom. The molecule has 1 fully saturated rings. The Bertz CT molecular complexity index is 735. The van der Waals surface area contributed by atoms with E-state index in [1.807, 2.05) is 0 Å². The molecule has 0 aliphatic heterocycles. The van der Waals surface area contributed by atoms with E-state index in [9.17, 15) is 13.6 Å². The molecule has 2 heterocycles. The van der Waals surface area contributed by atoms with E-state index >= 15 is 0 Å². The molecule has 1 aliphatic rings. The lowest BCUT2D eigenvalue weighted by molar-refractivity contribution is 0.0705. The molecule has 0 bridgehead atoms. The van der Waals surface area contributed by atoms with Crippen LogP contribution in [-0.2, 0) is 5.54 Å². The van der Waals surface area contributed by atoms with Gasteiger partial charge in [0.1, 0.15) is 11.5 Å². The monoisotopic (exact) mass is 306 g/mol. The minimum Gasteiger partial charge on any atom is -0.356 e. The summed E-state index contributed by atoms with van der Waals surface area (Å²) in [5.41, 5.74) is 0.709. The van der Waals surface area contributed by atoms with Gasteiger partial charge in [-0.1, -0.05) is 0 Å². The molecular weight excluding hydrogens is 294 g/mol. The Morgan fingerprint density at radius 2 is 2.05 bits per heavy atom. The smallest absolute Gasteiger partial charge is 0.276 e. The van der Waals surface area contributed by atoms with Crippen molar-refractivity contribution in [2.24, 2.45) is 0 Å². The van der Waals surface area contributed by atoms with Crippen LogP contribution in [0.2, 0.25) is 0 Å². The van der Waals surface area contributed by atoms with Crippen LogP contribution in [0.25, 0.3) is 0 Å². The zero-order valence-electron chi connectivity index (χ0n) is 11.3. The highest BCUT2D eigenvalue weighted by Gasteiger charge is 2.48. The summed E-state index contributed by atoms with van der Waals surface area (Å²) in [6.07, 6.45) is 3.78. The molecule has 0 spiro atoms. The Labute approximate surface area is 124 Å². The zero-order chi connectivity index (χ0) is 15.7. The summed E-state index contributed by atoms with van der Waals surface area (Å²) in [5.74, 6) is -2.21. The number of carbonyl (C=O) groups is 1. The van der Waals surface area contributed by atoms with Crippen LogP contribution < -0.4 is 10.8 Å². The van der Waals surface area contributed by atoms with Crippen molar-refractivity contribution in [3.05, 3.63) is 53.5 Å². The highest BCUT2D eigenvalue weighted by atomic mass is 19.1. The van der Waals surface area contributed by atoms with E-state index < -0.39 is 23.1 Å². The van der Waals surface area contributed by atoms with E-state index in [1.165, 1.54) is 23.8 Å². The standard InChI is InChI=1S/C14H12F2N4O2/c15-9-2-1-5-17-11(9)14(3-4-14)19-12-10(16)6-8(7-18-12)13(21)20-22/h1-2,5-7,22H,3-4H2,(H,18,19)(H,20,21). The molecule has 22 heavy (non-hydrogen) atoms. The van der Waals surface area contributed by atoms with Crippen molar-refractivity contribution in [1.82, 2.24) is 15.4 Å². The third kappa shape index (κ3) is 2.48. The molecule has 0 aromatic carbocycles. The quantitative estimate of drug-likeness (QED) is 0.594. The number of carbonyl (C=O) groups excluding carboxylic acids is 1. The molecule has 3 N–H and O–H groups in total. The van der Waals surface area contributed by atoms with Gasteiger partial charge in [-0.3, -0.25) is 15.0 Å². The number of nitrogens with zero attached hydrogens (tertiary/aromatic N) is 2. The van der Waals surface area contributed by atoms with Crippen LogP contribution in [0.3, 0.4) is 0 Å². The summed E-state index contributed by atoms with van der Waals surface area (Å²) < 4.78 is 27.9. The van der Waals surface area contributed by atoms with Gasteiger partial charge < -0.3 is 5.32 Å². The molecule has 0 atom stereocenters. The molecule has 0 unspecified atom stereocenters. The first kappa shape index (κ1) is 14.3. The van der Waals surface area contributed by atoms with Crippen molar-refractivity contribution in [3.63, 3.8) is 0 Å². The first-order chi connectivity index (χ1) is 10.6. The summed E-state index contributed by atoms with van der Waals surface area (Å²) in [4.78, 5) is 19.0. The normalized spacial score (nSPS) is 15.2. The fourth-order valence-corrected chi connectivity index (χ4v) is 2.23. The lowest BCUT2D eigenvalue weighted by Crippen LogP contribution is -2.24. The molecule has 1 saturated carbocycles. The largest absolute Gasteiger partial charge is 0.356 e. The topological polar surface area (TPSA) is 87.1 Å². The molecular formula is C14H12F2N4O2. The van der Waals surface area contributed by atoms with Crippen LogP contribution in [0.1, 0.15) is 28.9 Å². The number of anilines is 1. The number of hydrogen-bond acceptors (Lipinski definition) is 5. The lowest BCUT2D eigenvalue weighted by Gasteiger charge is -2.18. The number of hydroxylamine groups is 1. The van der Waals surface area contributed by atoms with Crippen molar-refractivity contribution < 1.29 is 18.8 Å². The van der Waals surface area contributed by atoms with E-state index in [1.54, 1.807) is 0 Å². The second kappa shape index (κ2) is 5.30. The number of hydrogen-bond donors (Lipinski definition) is 3. The molecule has 114 valence electrons. The number of amides is 1. The van der Waals surface area contributed by atoms with Crippen LogP contribution >= 0.6 is 0 Å². The first-order valence-electron chi connectivity index (χ1n) is 6.55. The van der Waals surface area contributed by atoms with Gasteiger partial charge in [0, 0.05) is 12.4 Å². The average molecular weight is 306 g/mol. The van der Waals surface area contributed by atoms with Crippen LogP contribution in [0.15, 0.2) is 30.6 Å². The lowest BCUT2D eigenvalue weighted by atomic mass is 10.1. The average Bonchev–Trinajstić information content (AvgIpc) is 3.29. The number of nitrogens with one attached hydrogen (secondary N) is 2. The minimum absolute atomic E-state index is 0.1000. The van der Waals surface area contributed by atoms with Gasteiger partial charge in [0.15, 0.2) is 11.6 Å². The third-order valence-corrected chi connectivity index (χ3v) is 3.52. The summed E-state index contributed by atoms with van der Waals surface area (Å²) in [5, 5.41) is 11.4. The molecule has 0 radical (unpaired) electrons. The zero-order valence-corrected chi connectivity index (χ0v) is 11.3. The van der Waals surface area contributed by atoms with Gasteiger partial charge in [-0.15, -0.1) is 0 Å². The maximum absolute atomic E-state index is 14.0. The highest BCUT2D eigenvalue weighted by Crippen LogP contribution is 2.48. The van der Waals surface area contributed by atoms with Crippen molar-refractivity contribution in [1.29, 1.82) is 0 Å². The highest BCUT2D eigenvalue weighted by molar-refractivity contribution is 5.93. The second-order valence-corrected chi connectivity index (χ2v) is 5.04. The Morgan fingerprint density at radius 3 is 2.64 bits per heavy atom. The molecule has 0 saturated heterocycles. The van der Waals surface area contributed by atoms with Gasteiger partial charge in [0.25, 0.3) is 5.91 Å². The first-order valence-corrected chi connectivity index (χ1v) is 6.55. The number of aromatic nitrogens is 2. The van der Waals surface area contributed by atoms with E-state index in [-0.39, 0.29) is 17.1 Å². The predicted octanol–water partition coefficient (Wildman–Crippen LogP) is 1.97. The third-order valence-electron chi connectivity index (χ3n) is 3.52.